The zero-order valence-electron chi connectivity index (χ0n) is 16.1. The first kappa shape index (κ1) is 19.6. The van der Waals surface area contributed by atoms with Gasteiger partial charge in [0, 0.05) is 30.2 Å². The molecule has 0 radical (unpaired) electrons. The summed E-state index contributed by atoms with van der Waals surface area (Å²) >= 11 is 0. The van der Waals surface area contributed by atoms with Gasteiger partial charge in [0.15, 0.2) is 0 Å². The summed E-state index contributed by atoms with van der Waals surface area (Å²) in [5.41, 5.74) is 1.45. The van der Waals surface area contributed by atoms with Crippen LogP contribution in [-0.4, -0.2) is 16.4 Å². The smallest absolute Gasteiger partial charge is 0.269 e. The third-order valence-corrected chi connectivity index (χ3v) is 5.33. The standard InChI is InChI=1S/C22H24N2O4/c1-3-22(4-2)15-19(18-7-5-6-8-20(18)28-22)23-21(25)14-11-16-9-12-17(13-10-16)24(26)27/h5-14,19H,3-4,15H2,1-2H3,(H,23,25)/b14-11+/t19-/m1/s1. The zero-order chi connectivity index (χ0) is 20.1. The molecule has 1 aliphatic rings. The molecule has 0 unspecified atom stereocenters. The highest BCUT2D eigenvalue weighted by Crippen LogP contribution is 2.42. The molecule has 0 aromatic heterocycles. The number of non-ortho nitro benzene ring substituents is 1. The molecule has 2 aromatic rings. The Balaban J connectivity index is 1.74. The van der Waals surface area contributed by atoms with E-state index in [1.165, 1.54) is 18.2 Å². The number of amides is 1. The second kappa shape index (κ2) is 8.25. The molecule has 0 aliphatic carbocycles. The molecule has 146 valence electrons. The molecule has 6 nitrogen and oxygen atoms in total. The summed E-state index contributed by atoms with van der Waals surface area (Å²) in [6, 6.07) is 13.8. The van der Waals surface area contributed by atoms with Crippen LogP contribution >= 0.6 is 0 Å². The van der Waals surface area contributed by atoms with Crippen molar-refractivity contribution in [3.05, 3.63) is 75.8 Å². The van der Waals surface area contributed by atoms with Crippen LogP contribution in [0.5, 0.6) is 5.75 Å². The second-order valence-corrected chi connectivity index (χ2v) is 6.98. The number of carbonyl (C=O) groups excluding carboxylic acids is 1. The fourth-order valence-corrected chi connectivity index (χ4v) is 3.53. The summed E-state index contributed by atoms with van der Waals surface area (Å²) in [5.74, 6) is 0.614. The molecule has 1 heterocycles. The van der Waals surface area contributed by atoms with E-state index in [4.69, 9.17) is 4.74 Å². The number of hydrogen-bond donors (Lipinski definition) is 1. The third kappa shape index (κ3) is 4.22. The van der Waals surface area contributed by atoms with Crippen LogP contribution in [0.25, 0.3) is 6.08 Å². The van der Waals surface area contributed by atoms with E-state index in [9.17, 15) is 14.9 Å². The Hall–Kier alpha value is -3.15. The molecule has 28 heavy (non-hydrogen) atoms. The van der Waals surface area contributed by atoms with E-state index in [2.05, 4.69) is 19.2 Å². The van der Waals surface area contributed by atoms with Crippen molar-refractivity contribution in [2.75, 3.05) is 0 Å². The Labute approximate surface area is 164 Å². The van der Waals surface area contributed by atoms with E-state index in [-0.39, 0.29) is 23.2 Å². The van der Waals surface area contributed by atoms with Crippen LogP contribution < -0.4 is 10.1 Å². The van der Waals surface area contributed by atoms with Crippen molar-refractivity contribution in [1.29, 1.82) is 0 Å². The van der Waals surface area contributed by atoms with Gasteiger partial charge in [-0.1, -0.05) is 32.0 Å². The maximum atomic E-state index is 12.5. The van der Waals surface area contributed by atoms with E-state index in [0.29, 0.717) is 6.42 Å². The van der Waals surface area contributed by atoms with E-state index >= 15 is 0 Å². The van der Waals surface area contributed by atoms with Crippen molar-refractivity contribution in [3.63, 3.8) is 0 Å². The van der Waals surface area contributed by atoms with Gasteiger partial charge in [0.05, 0.1) is 11.0 Å². The maximum Gasteiger partial charge on any atom is 0.269 e. The number of benzene rings is 2. The van der Waals surface area contributed by atoms with E-state index < -0.39 is 4.92 Å². The number of ether oxygens (including phenoxy) is 1. The van der Waals surface area contributed by atoms with Crippen molar-refractivity contribution < 1.29 is 14.5 Å². The number of rotatable bonds is 6. The molecule has 0 saturated heterocycles. The maximum absolute atomic E-state index is 12.5. The lowest BCUT2D eigenvalue weighted by molar-refractivity contribution is -0.384. The number of para-hydroxylation sites is 1. The number of carbonyl (C=O) groups is 1. The van der Waals surface area contributed by atoms with Gasteiger partial charge in [-0.3, -0.25) is 14.9 Å². The Morgan fingerprint density at radius 2 is 1.89 bits per heavy atom. The molecule has 2 aromatic carbocycles. The van der Waals surface area contributed by atoms with Crippen molar-refractivity contribution in [3.8, 4) is 5.75 Å². The number of nitro groups is 1. The van der Waals surface area contributed by atoms with Crippen LogP contribution in [0.3, 0.4) is 0 Å². The van der Waals surface area contributed by atoms with Crippen LogP contribution in [0.4, 0.5) is 5.69 Å². The van der Waals surface area contributed by atoms with Gasteiger partial charge in [-0.15, -0.1) is 0 Å². The first-order chi connectivity index (χ1) is 13.5. The van der Waals surface area contributed by atoms with Crippen LogP contribution in [0.1, 0.15) is 50.3 Å². The molecular formula is C22H24N2O4. The number of nitrogens with zero attached hydrogens (tertiary/aromatic N) is 1. The quantitative estimate of drug-likeness (QED) is 0.443. The van der Waals surface area contributed by atoms with Crippen LogP contribution in [0, 0.1) is 10.1 Å². The molecule has 1 aliphatic heterocycles. The normalized spacial score (nSPS) is 17.6. The average molecular weight is 380 g/mol. The molecular weight excluding hydrogens is 356 g/mol. The highest BCUT2D eigenvalue weighted by Gasteiger charge is 2.38. The summed E-state index contributed by atoms with van der Waals surface area (Å²) in [5, 5.41) is 13.8. The Morgan fingerprint density at radius 3 is 2.54 bits per heavy atom. The SMILES string of the molecule is CCC1(CC)C[C@@H](NC(=O)/C=C/c2ccc([N+](=O)[O-])cc2)c2ccccc2O1. The third-order valence-electron chi connectivity index (χ3n) is 5.33. The highest BCUT2D eigenvalue weighted by molar-refractivity contribution is 5.92. The second-order valence-electron chi connectivity index (χ2n) is 6.98. The summed E-state index contributed by atoms with van der Waals surface area (Å²) in [7, 11) is 0. The minimum absolute atomic E-state index is 0.0240. The van der Waals surface area contributed by atoms with Crippen molar-refractivity contribution in [2.45, 2.75) is 44.8 Å². The van der Waals surface area contributed by atoms with Gasteiger partial charge in [-0.25, -0.2) is 0 Å². The molecule has 0 saturated carbocycles. The minimum atomic E-state index is -0.448. The van der Waals surface area contributed by atoms with Gasteiger partial charge in [0.25, 0.3) is 5.69 Å². The first-order valence-electron chi connectivity index (χ1n) is 9.47. The molecule has 6 heteroatoms. The predicted molar refractivity (Wildman–Crippen MR) is 108 cm³/mol. The number of nitrogens with one attached hydrogen (secondary N) is 1. The lowest BCUT2D eigenvalue weighted by Crippen LogP contribution is -2.44. The molecule has 0 spiro atoms. The van der Waals surface area contributed by atoms with Crippen molar-refractivity contribution in [1.82, 2.24) is 5.32 Å². The van der Waals surface area contributed by atoms with Crippen LogP contribution in [0.15, 0.2) is 54.6 Å². The predicted octanol–water partition coefficient (Wildman–Crippen LogP) is 4.81. The number of fused-ring (bicyclic) bond motifs is 1. The number of nitro benzene ring substituents is 1. The van der Waals surface area contributed by atoms with Gasteiger partial charge < -0.3 is 10.1 Å². The van der Waals surface area contributed by atoms with Crippen molar-refractivity contribution in [2.24, 2.45) is 0 Å². The molecule has 1 amide bonds. The largest absolute Gasteiger partial charge is 0.487 e. The van der Waals surface area contributed by atoms with Gasteiger partial charge >= 0.3 is 0 Å². The number of hydrogen-bond acceptors (Lipinski definition) is 4. The fraction of sp³-hybridized carbons (Fsp3) is 0.318. The van der Waals surface area contributed by atoms with E-state index in [1.54, 1.807) is 18.2 Å². The lowest BCUT2D eigenvalue weighted by Gasteiger charge is -2.41. The molecule has 0 bridgehead atoms. The average Bonchev–Trinajstić information content (AvgIpc) is 2.72. The summed E-state index contributed by atoms with van der Waals surface area (Å²) in [6.07, 6.45) is 5.55. The molecule has 3 rings (SSSR count). The Bertz CT molecular complexity index is 886. The van der Waals surface area contributed by atoms with Gasteiger partial charge in [-0.2, -0.15) is 0 Å². The molecule has 1 N–H and O–H groups in total. The topological polar surface area (TPSA) is 81.5 Å². The minimum Gasteiger partial charge on any atom is -0.487 e. The Morgan fingerprint density at radius 1 is 1.21 bits per heavy atom. The van der Waals surface area contributed by atoms with Gasteiger partial charge in [-0.05, 0) is 42.7 Å². The molecule has 0 fully saturated rings. The van der Waals surface area contributed by atoms with E-state index in [1.807, 2.05) is 24.3 Å². The van der Waals surface area contributed by atoms with Crippen LogP contribution in [0.2, 0.25) is 0 Å². The first-order valence-corrected chi connectivity index (χ1v) is 9.47. The van der Waals surface area contributed by atoms with E-state index in [0.717, 1.165) is 29.7 Å². The van der Waals surface area contributed by atoms with Crippen LogP contribution in [-0.2, 0) is 4.79 Å². The fourth-order valence-electron chi connectivity index (χ4n) is 3.53. The van der Waals surface area contributed by atoms with Gasteiger partial charge in [0.1, 0.15) is 11.4 Å². The highest BCUT2D eigenvalue weighted by atomic mass is 16.6. The summed E-state index contributed by atoms with van der Waals surface area (Å²) < 4.78 is 6.27. The van der Waals surface area contributed by atoms with Crippen molar-refractivity contribution >= 4 is 17.7 Å². The van der Waals surface area contributed by atoms with Gasteiger partial charge in [0.2, 0.25) is 5.91 Å². The lowest BCUT2D eigenvalue weighted by atomic mass is 9.83. The Kier molecular flexibility index (Phi) is 5.78. The zero-order valence-corrected chi connectivity index (χ0v) is 16.1. The molecule has 1 atom stereocenters. The summed E-state index contributed by atoms with van der Waals surface area (Å²) in [6.45, 7) is 4.20. The monoisotopic (exact) mass is 380 g/mol. The summed E-state index contributed by atoms with van der Waals surface area (Å²) in [4.78, 5) is 22.8.